The SMILES string of the molecule is Cc1cc(CNCC(O)C(Cc2ccccc2)NC(=O)c2cc(C(=O)NC(C)c3ccccc3)cc(N(C)S(C)(=O)=O)c2)on1. The minimum atomic E-state index is -3.71. The number of carbonyl (C=O) groups excluding carboxylic acids is 2. The first-order valence-corrected chi connectivity index (χ1v) is 16.4. The first kappa shape index (κ1) is 33.4. The van der Waals surface area contributed by atoms with Gasteiger partial charge in [0.25, 0.3) is 11.8 Å². The third kappa shape index (κ3) is 9.48. The predicted molar refractivity (Wildman–Crippen MR) is 172 cm³/mol. The molecule has 45 heavy (non-hydrogen) atoms. The van der Waals surface area contributed by atoms with E-state index < -0.39 is 34.0 Å². The molecule has 3 aromatic carbocycles. The van der Waals surface area contributed by atoms with Gasteiger partial charge in [0, 0.05) is 30.8 Å². The van der Waals surface area contributed by atoms with E-state index in [0.29, 0.717) is 18.7 Å². The minimum Gasteiger partial charge on any atom is -0.390 e. The Kier molecular flexibility index (Phi) is 11.1. The first-order valence-electron chi connectivity index (χ1n) is 14.5. The Morgan fingerprint density at radius 2 is 1.53 bits per heavy atom. The van der Waals surface area contributed by atoms with Crippen LogP contribution in [0, 0.1) is 6.92 Å². The van der Waals surface area contributed by atoms with Crippen molar-refractivity contribution in [2.24, 2.45) is 0 Å². The van der Waals surface area contributed by atoms with Crippen molar-refractivity contribution in [2.75, 3.05) is 24.2 Å². The van der Waals surface area contributed by atoms with Gasteiger partial charge < -0.3 is 25.6 Å². The van der Waals surface area contributed by atoms with Crippen molar-refractivity contribution in [1.29, 1.82) is 0 Å². The van der Waals surface area contributed by atoms with E-state index in [9.17, 15) is 23.1 Å². The van der Waals surface area contributed by atoms with Crippen LogP contribution in [0.15, 0.2) is 89.5 Å². The zero-order chi connectivity index (χ0) is 32.6. The molecule has 1 heterocycles. The highest BCUT2D eigenvalue weighted by atomic mass is 32.2. The van der Waals surface area contributed by atoms with Gasteiger partial charge in [0.15, 0.2) is 5.76 Å². The summed E-state index contributed by atoms with van der Waals surface area (Å²) in [5, 5.41) is 24.0. The Balaban J connectivity index is 1.58. The second-order valence-corrected chi connectivity index (χ2v) is 13.0. The summed E-state index contributed by atoms with van der Waals surface area (Å²) < 4.78 is 31.0. The van der Waals surface area contributed by atoms with Gasteiger partial charge in [0.05, 0.1) is 42.4 Å². The molecule has 4 N–H and O–H groups in total. The molecule has 0 aliphatic heterocycles. The van der Waals surface area contributed by atoms with Gasteiger partial charge in [0.2, 0.25) is 10.0 Å². The van der Waals surface area contributed by atoms with Crippen LogP contribution in [0.5, 0.6) is 0 Å². The van der Waals surface area contributed by atoms with E-state index in [4.69, 9.17) is 4.52 Å². The highest BCUT2D eigenvalue weighted by Gasteiger charge is 2.25. The predicted octanol–water partition coefficient (Wildman–Crippen LogP) is 3.36. The molecule has 4 rings (SSSR count). The van der Waals surface area contributed by atoms with Gasteiger partial charge in [-0.15, -0.1) is 0 Å². The number of carbonyl (C=O) groups is 2. The molecule has 0 aliphatic rings. The molecule has 2 amide bonds. The summed E-state index contributed by atoms with van der Waals surface area (Å²) in [6, 6.07) is 23.8. The van der Waals surface area contributed by atoms with Gasteiger partial charge in [-0.3, -0.25) is 13.9 Å². The molecular formula is C33H39N5O6S. The number of benzene rings is 3. The number of nitrogens with one attached hydrogen (secondary N) is 3. The Labute approximate surface area is 263 Å². The van der Waals surface area contributed by atoms with Crippen molar-refractivity contribution in [2.45, 2.75) is 45.0 Å². The molecule has 238 valence electrons. The minimum absolute atomic E-state index is 0.0656. The Morgan fingerprint density at radius 1 is 0.933 bits per heavy atom. The molecule has 12 heteroatoms. The summed E-state index contributed by atoms with van der Waals surface area (Å²) in [6.07, 6.45) is 0.354. The number of hydrogen-bond acceptors (Lipinski definition) is 8. The molecule has 11 nitrogen and oxygen atoms in total. The topological polar surface area (TPSA) is 154 Å². The van der Waals surface area contributed by atoms with Gasteiger partial charge in [-0.25, -0.2) is 8.42 Å². The third-order valence-corrected chi connectivity index (χ3v) is 8.57. The summed E-state index contributed by atoms with van der Waals surface area (Å²) in [6.45, 7) is 4.12. The van der Waals surface area contributed by atoms with Crippen LogP contribution >= 0.6 is 0 Å². The molecule has 3 atom stereocenters. The largest absolute Gasteiger partial charge is 0.390 e. The maximum atomic E-state index is 13.7. The summed E-state index contributed by atoms with van der Waals surface area (Å²) in [7, 11) is -2.35. The highest BCUT2D eigenvalue weighted by molar-refractivity contribution is 7.92. The van der Waals surface area contributed by atoms with Crippen LogP contribution in [0.3, 0.4) is 0 Å². The second kappa shape index (κ2) is 15.0. The Morgan fingerprint density at radius 3 is 2.11 bits per heavy atom. The van der Waals surface area contributed by atoms with Crippen LogP contribution < -0.4 is 20.3 Å². The number of hydrogen-bond donors (Lipinski definition) is 4. The van der Waals surface area contributed by atoms with Crippen LogP contribution in [0.2, 0.25) is 0 Å². The lowest BCUT2D eigenvalue weighted by Gasteiger charge is -2.25. The van der Waals surface area contributed by atoms with Crippen molar-refractivity contribution in [3.8, 4) is 0 Å². The standard InChI is InChI=1S/C33H39N5O6S/c1-22-15-29(44-37-22)20-34-21-31(39)30(16-24-11-7-5-8-12-24)36-33(41)27-17-26(18-28(19-27)38(3)45(4,42)43)32(40)35-23(2)25-13-9-6-10-14-25/h5-15,17-19,23,30-31,34,39H,16,20-21H2,1-4H3,(H,35,40)(H,36,41). The van der Waals surface area contributed by atoms with Crippen LogP contribution in [-0.2, 0) is 23.0 Å². The van der Waals surface area contributed by atoms with E-state index in [1.807, 2.05) is 74.5 Å². The number of aromatic nitrogens is 1. The molecule has 0 bridgehead atoms. The number of nitrogens with zero attached hydrogens (tertiary/aromatic N) is 2. The van der Waals surface area contributed by atoms with Crippen LogP contribution in [0.4, 0.5) is 5.69 Å². The van der Waals surface area contributed by atoms with E-state index in [-0.39, 0.29) is 29.4 Å². The number of anilines is 1. The van der Waals surface area contributed by atoms with Gasteiger partial charge in [-0.1, -0.05) is 65.8 Å². The molecule has 0 saturated carbocycles. The quantitative estimate of drug-likeness (QED) is 0.165. The molecule has 0 spiro atoms. The van der Waals surface area contributed by atoms with Crippen molar-refractivity contribution in [1.82, 2.24) is 21.1 Å². The fourth-order valence-electron chi connectivity index (χ4n) is 4.74. The number of amides is 2. The summed E-state index contributed by atoms with van der Waals surface area (Å²) in [5.74, 6) is -0.436. The maximum Gasteiger partial charge on any atom is 0.251 e. The smallest absolute Gasteiger partial charge is 0.251 e. The average Bonchev–Trinajstić information content (AvgIpc) is 3.44. The highest BCUT2D eigenvalue weighted by Crippen LogP contribution is 2.22. The zero-order valence-corrected chi connectivity index (χ0v) is 26.5. The number of aryl methyl sites for hydroxylation is 1. The fraction of sp³-hybridized carbons (Fsp3) is 0.303. The van der Waals surface area contributed by atoms with Crippen LogP contribution in [0.1, 0.15) is 56.3 Å². The summed E-state index contributed by atoms with van der Waals surface area (Å²) in [5.41, 5.74) is 2.85. The Bertz CT molecular complexity index is 1700. The number of aliphatic hydroxyl groups is 1. The maximum absolute atomic E-state index is 13.7. The molecule has 0 saturated heterocycles. The molecule has 0 fully saturated rings. The van der Waals surface area contributed by atoms with E-state index >= 15 is 0 Å². The monoisotopic (exact) mass is 633 g/mol. The Hall–Kier alpha value is -4.52. The van der Waals surface area contributed by atoms with Crippen molar-refractivity contribution < 1.29 is 27.6 Å². The van der Waals surface area contributed by atoms with Crippen LogP contribution in [-0.4, -0.2) is 62.5 Å². The van der Waals surface area contributed by atoms with Crippen molar-refractivity contribution in [3.05, 3.63) is 119 Å². The van der Waals surface area contributed by atoms with E-state index in [0.717, 1.165) is 27.4 Å². The van der Waals surface area contributed by atoms with Gasteiger partial charge in [-0.2, -0.15) is 0 Å². The second-order valence-electron chi connectivity index (χ2n) is 11.0. The molecule has 0 radical (unpaired) electrons. The number of sulfonamides is 1. The summed E-state index contributed by atoms with van der Waals surface area (Å²) in [4.78, 5) is 27.1. The fourth-order valence-corrected chi connectivity index (χ4v) is 5.23. The number of aliphatic hydroxyl groups excluding tert-OH is 1. The zero-order valence-electron chi connectivity index (χ0n) is 25.7. The third-order valence-electron chi connectivity index (χ3n) is 7.36. The average molecular weight is 634 g/mol. The normalized spacial score (nSPS) is 13.4. The van der Waals surface area contributed by atoms with Gasteiger partial charge in [-0.05, 0) is 49.6 Å². The summed E-state index contributed by atoms with van der Waals surface area (Å²) >= 11 is 0. The lowest BCUT2D eigenvalue weighted by Crippen LogP contribution is -2.48. The van der Waals surface area contributed by atoms with Gasteiger partial charge >= 0.3 is 0 Å². The van der Waals surface area contributed by atoms with Crippen molar-refractivity contribution >= 4 is 27.5 Å². The molecule has 1 aromatic heterocycles. The molecular weight excluding hydrogens is 594 g/mol. The van der Waals surface area contributed by atoms with E-state index in [1.54, 1.807) is 6.07 Å². The first-order chi connectivity index (χ1) is 21.4. The van der Waals surface area contributed by atoms with Crippen molar-refractivity contribution in [3.63, 3.8) is 0 Å². The number of rotatable bonds is 14. The van der Waals surface area contributed by atoms with E-state index in [1.165, 1.54) is 25.2 Å². The van der Waals surface area contributed by atoms with E-state index in [2.05, 4.69) is 21.1 Å². The van der Waals surface area contributed by atoms with Gasteiger partial charge in [0.1, 0.15) is 0 Å². The van der Waals surface area contributed by atoms with Crippen LogP contribution in [0.25, 0.3) is 0 Å². The lowest BCUT2D eigenvalue weighted by molar-refractivity contribution is 0.0828. The molecule has 3 unspecified atom stereocenters. The molecule has 4 aromatic rings. The molecule has 0 aliphatic carbocycles. The lowest BCUT2D eigenvalue weighted by atomic mass is 10.00.